The Kier molecular flexibility index (Phi) is 7.24. The van der Waals surface area contributed by atoms with Gasteiger partial charge in [0, 0.05) is 14.8 Å². The van der Waals surface area contributed by atoms with Crippen molar-refractivity contribution in [2.45, 2.75) is 35.1 Å². The second-order valence-corrected chi connectivity index (χ2v) is 9.79. The predicted molar refractivity (Wildman–Crippen MR) is 134 cm³/mol. The third kappa shape index (κ3) is 5.61. The molecule has 3 aromatic rings. The van der Waals surface area contributed by atoms with Gasteiger partial charge in [-0.1, -0.05) is 65.8 Å². The average molecular weight is 494 g/mol. The lowest BCUT2D eigenvalue weighted by molar-refractivity contribution is -0.133. The maximum atomic E-state index is 13.0. The predicted octanol–water partition coefficient (Wildman–Crippen LogP) is 5.37. The Bertz CT molecular complexity index is 1200. The van der Waals surface area contributed by atoms with Crippen molar-refractivity contribution < 1.29 is 14.4 Å². The first-order valence-electron chi connectivity index (χ1n) is 10.8. The number of hydrogen-bond acceptors (Lipinski definition) is 4. The van der Waals surface area contributed by atoms with Gasteiger partial charge in [-0.3, -0.25) is 14.5 Å². The highest BCUT2D eigenvalue weighted by Gasteiger charge is 2.47. The van der Waals surface area contributed by atoms with Gasteiger partial charge in [0.15, 0.2) is 0 Å². The zero-order valence-corrected chi connectivity index (χ0v) is 20.2. The standard InChI is InChI=1S/C26H24ClN3O3S/c1-26(16-15-18-7-3-2-4-8-18)24(32)30(25(33)29-26)17-23(31)28-21-9-5-6-10-22(21)34-20-13-11-19(27)12-14-20/h2-14H,15-17H2,1H3,(H,28,31)(H,29,33)/t26-/m0/s1. The quantitative estimate of drug-likeness (QED) is 0.413. The fraction of sp³-hybridized carbons (Fsp3) is 0.192. The summed E-state index contributed by atoms with van der Waals surface area (Å²) in [6.45, 7) is 1.34. The molecular weight excluding hydrogens is 470 g/mol. The Labute approximate surface area is 207 Å². The van der Waals surface area contributed by atoms with Crippen molar-refractivity contribution in [1.82, 2.24) is 10.2 Å². The number of amides is 4. The van der Waals surface area contributed by atoms with Crippen LogP contribution in [0.25, 0.3) is 0 Å². The molecule has 0 spiro atoms. The Hall–Kier alpha value is -3.29. The molecule has 8 heteroatoms. The van der Waals surface area contributed by atoms with Gasteiger partial charge in [0.1, 0.15) is 12.1 Å². The molecule has 0 saturated carbocycles. The molecule has 174 valence electrons. The van der Waals surface area contributed by atoms with E-state index in [4.69, 9.17) is 11.6 Å². The van der Waals surface area contributed by atoms with E-state index in [0.29, 0.717) is 23.6 Å². The smallest absolute Gasteiger partial charge is 0.323 e. The van der Waals surface area contributed by atoms with E-state index >= 15 is 0 Å². The van der Waals surface area contributed by atoms with Crippen LogP contribution < -0.4 is 10.6 Å². The zero-order chi connectivity index (χ0) is 24.1. The van der Waals surface area contributed by atoms with Crippen LogP contribution >= 0.6 is 23.4 Å². The van der Waals surface area contributed by atoms with Gasteiger partial charge in [0.2, 0.25) is 5.91 Å². The van der Waals surface area contributed by atoms with E-state index in [1.165, 1.54) is 11.8 Å². The molecule has 4 amide bonds. The fourth-order valence-corrected chi connectivity index (χ4v) is 4.75. The van der Waals surface area contributed by atoms with E-state index in [9.17, 15) is 14.4 Å². The number of para-hydroxylation sites is 1. The van der Waals surface area contributed by atoms with Crippen LogP contribution in [0.5, 0.6) is 0 Å². The molecule has 6 nitrogen and oxygen atoms in total. The molecule has 0 radical (unpaired) electrons. The van der Waals surface area contributed by atoms with Gasteiger partial charge in [-0.15, -0.1) is 0 Å². The first-order valence-corrected chi connectivity index (χ1v) is 12.0. The van der Waals surface area contributed by atoms with Crippen LogP contribution in [0.2, 0.25) is 5.02 Å². The van der Waals surface area contributed by atoms with Crippen LogP contribution in [-0.4, -0.2) is 34.8 Å². The molecular formula is C26H24ClN3O3S. The van der Waals surface area contributed by atoms with Gasteiger partial charge in [-0.25, -0.2) is 4.79 Å². The highest BCUT2D eigenvalue weighted by molar-refractivity contribution is 7.99. The van der Waals surface area contributed by atoms with Crippen LogP contribution in [0.3, 0.4) is 0 Å². The molecule has 2 N–H and O–H groups in total. The molecule has 34 heavy (non-hydrogen) atoms. The minimum Gasteiger partial charge on any atom is -0.323 e. The zero-order valence-electron chi connectivity index (χ0n) is 18.6. The summed E-state index contributed by atoms with van der Waals surface area (Å²) in [5.74, 6) is -0.840. The highest BCUT2D eigenvalue weighted by Crippen LogP contribution is 2.34. The number of hydrogen-bond donors (Lipinski definition) is 2. The Morgan fingerprint density at radius 2 is 1.68 bits per heavy atom. The Morgan fingerprint density at radius 3 is 2.41 bits per heavy atom. The number of carbonyl (C=O) groups excluding carboxylic acids is 3. The Morgan fingerprint density at radius 1 is 1.00 bits per heavy atom. The number of rotatable bonds is 8. The number of nitrogens with one attached hydrogen (secondary N) is 2. The van der Waals surface area contributed by atoms with E-state index in [-0.39, 0.29) is 6.54 Å². The van der Waals surface area contributed by atoms with Gasteiger partial charge in [0.05, 0.1) is 5.69 Å². The average Bonchev–Trinajstić information content (AvgIpc) is 3.04. The first kappa shape index (κ1) is 23.9. The molecule has 1 atom stereocenters. The molecule has 1 saturated heterocycles. The molecule has 0 unspecified atom stereocenters. The molecule has 1 aliphatic rings. The lowest BCUT2D eigenvalue weighted by Gasteiger charge is -2.21. The van der Waals surface area contributed by atoms with E-state index in [2.05, 4.69) is 10.6 Å². The van der Waals surface area contributed by atoms with Crippen molar-refractivity contribution in [2.24, 2.45) is 0 Å². The third-order valence-corrected chi connectivity index (χ3v) is 6.94. The van der Waals surface area contributed by atoms with E-state index < -0.39 is 23.4 Å². The number of imide groups is 1. The third-order valence-electron chi connectivity index (χ3n) is 5.61. The summed E-state index contributed by atoms with van der Waals surface area (Å²) in [5, 5.41) is 6.24. The lowest BCUT2D eigenvalue weighted by atomic mass is 9.93. The summed E-state index contributed by atoms with van der Waals surface area (Å²) in [7, 11) is 0. The number of anilines is 1. The van der Waals surface area contributed by atoms with Gasteiger partial charge in [-0.2, -0.15) is 0 Å². The number of halogens is 1. The van der Waals surface area contributed by atoms with Gasteiger partial charge < -0.3 is 10.6 Å². The molecule has 3 aromatic carbocycles. The molecule has 1 fully saturated rings. The second kappa shape index (κ2) is 10.3. The fourth-order valence-electron chi connectivity index (χ4n) is 3.72. The number of urea groups is 1. The van der Waals surface area contributed by atoms with Crippen LogP contribution in [-0.2, 0) is 16.0 Å². The van der Waals surface area contributed by atoms with Crippen molar-refractivity contribution in [3.8, 4) is 0 Å². The first-order chi connectivity index (χ1) is 16.3. The lowest BCUT2D eigenvalue weighted by Crippen LogP contribution is -2.45. The summed E-state index contributed by atoms with van der Waals surface area (Å²) in [6, 6.07) is 24.0. The minimum absolute atomic E-state index is 0.356. The summed E-state index contributed by atoms with van der Waals surface area (Å²) in [5.41, 5.74) is 0.637. The van der Waals surface area contributed by atoms with Gasteiger partial charge in [-0.05, 0) is 61.7 Å². The van der Waals surface area contributed by atoms with Gasteiger partial charge >= 0.3 is 6.03 Å². The Balaban J connectivity index is 1.40. The maximum absolute atomic E-state index is 13.0. The summed E-state index contributed by atoms with van der Waals surface area (Å²) in [4.78, 5) is 41.1. The topological polar surface area (TPSA) is 78.5 Å². The number of nitrogens with zero attached hydrogens (tertiary/aromatic N) is 1. The maximum Gasteiger partial charge on any atom is 0.325 e. The summed E-state index contributed by atoms with van der Waals surface area (Å²) in [6.07, 6.45) is 1.08. The number of carbonyl (C=O) groups is 3. The van der Waals surface area contributed by atoms with Crippen molar-refractivity contribution >= 4 is 46.9 Å². The molecule has 0 aliphatic carbocycles. The molecule has 0 bridgehead atoms. The molecule has 1 aliphatic heterocycles. The van der Waals surface area contributed by atoms with E-state index in [1.807, 2.05) is 60.7 Å². The second-order valence-electron chi connectivity index (χ2n) is 8.24. The number of benzene rings is 3. The largest absolute Gasteiger partial charge is 0.325 e. The van der Waals surface area contributed by atoms with Gasteiger partial charge in [0.25, 0.3) is 5.91 Å². The van der Waals surface area contributed by atoms with Crippen molar-refractivity contribution in [3.63, 3.8) is 0 Å². The van der Waals surface area contributed by atoms with Crippen molar-refractivity contribution in [2.75, 3.05) is 11.9 Å². The minimum atomic E-state index is -1.05. The van der Waals surface area contributed by atoms with Crippen molar-refractivity contribution in [3.05, 3.63) is 89.4 Å². The monoisotopic (exact) mass is 493 g/mol. The molecule has 4 rings (SSSR count). The summed E-state index contributed by atoms with van der Waals surface area (Å²) >= 11 is 7.44. The van der Waals surface area contributed by atoms with E-state index in [1.54, 1.807) is 25.1 Å². The van der Waals surface area contributed by atoms with Crippen LogP contribution in [0.15, 0.2) is 88.7 Å². The van der Waals surface area contributed by atoms with Crippen LogP contribution in [0.1, 0.15) is 18.9 Å². The molecule has 0 aromatic heterocycles. The van der Waals surface area contributed by atoms with E-state index in [0.717, 1.165) is 20.3 Å². The van der Waals surface area contributed by atoms with Crippen LogP contribution in [0, 0.1) is 0 Å². The van der Waals surface area contributed by atoms with Crippen molar-refractivity contribution in [1.29, 1.82) is 0 Å². The van der Waals surface area contributed by atoms with Crippen LogP contribution in [0.4, 0.5) is 10.5 Å². The SMILES string of the molecule is C[C@@]1(CCc2ccccc2)NC(=O)N(CC(=O)Nc2ccccc2Sc2ccc(Cl)cc2)C1=O. The highest BCUT2D eigenvalue weighted by atomic mass is 35.5. The number of aryl methyl sites for hydroxylation is 1. The normalized spacial score (nSPS) is 17.5. The summed E-state index contributed by atoms with van der Waals surface area (Å²) < 4.78 is 0. The molecule has 1 heterocycles.